The van der Waals surface area contributed by atoms with Crippen molar-refractivity contribution in [2.75, 3.05) is 6.54 Å². The lowest BCUT2D eigenvalue weighted by atomic mass is 9.72. The van der Waals surface area contributed by atoms with Crippen LogP contribution in [0.15, 0.2) is 0 Å². The van der Waals surface area contributed by atoms with Crippen LogP contribution >= 0.6 is 0 Å². The van der Waals surface area contributed by atoms with Crippen molar-refractivity contribution in [3.8, 4) is 0 Å². The Morgan fingerprint density at radius 2 is 2.15 bits per heavy atom. The Morgan fingerprint density at radius 3 is 2.85 bits per heavy atom. The molecule has 1 aliphatic carbocycles. The summed E-state index contributed by atoms with van der Waals surface area (Å²) in [7, 11) is 1.89. The Labute approximate surface area is 120 Å². The lowest BCUT2D eigenvalue weighted by molar-refractivity contribution is -0.0632. The van der Waals surface area contributed by atoms with Crippen LogP contribution in [0, 0.1) is 5.92 Å². The predicted molar refractivity (Wildman–Crippen MR) is 74.8 cm³/mol. The number of likely N-dealkylation sites (tertiary alicyclic amines) is 1. The normalized spacial score (nSPS) is 35.5. The first kappa shape index (κ1) is 13.9. The Bertz CT molecular complexity index is 458. The molecule has 1 aliphatic heterocycles. The second-order valence-electron chi connectivity index (χ2n) is 6.61. The van der Waals surface area contributed by atoms with Gasteiger partial charge in [0.15, 0.2) is 5.82 Å². The minimum absolute atomic E-state index is 0.389. The average molecular weight is 279 g/mol. The summed E-state index contributed by atoms with van der Waals surface area (Å²) >= 11 is 0. The van der Waals surface area contributed by atoms with E-state index in [9.17, 15) is 5.11 Å². The van der Waals surface area contributed by atoms with E-state index >= 15 is 0 Å². The largest absolute Gasteiger partial charge is 0.390 e. The Morgan fingerprint density at radius 1 is 1.30 bits per heavy atom. The van der Waals surface area contributed by atoms with Crippen molar-refractivity contribution in [3.63, 3.8) is 0 Å². The van der Waals surface area contributed by atoms with Crippen LogP contribution < -0.4 is 0 Å². The number of nitrogens with zero attached hydrogens (tertiary/aromatic N) is 5. The molecule has 0 spiro atoms. The molecule has 3 rings (SSSR count). The molecule has 1 aromatic rings. The zero-order chi connectivity index (χ0) is 14.2. The number of hydrogen-bond acceptors (Lipinski definition) is 5. The van der Waals surface area contributed by atoms with E-state index in [1.54, 1.807) is 4.68 Å². The number of aliphatic hydroxyl groups is 1. The smallest absolute Gasteiger partial charge is 0.164 e. The number of hydrogen-bond donors (Lipinski definition) is 1. The number of rotatable bonds is 3. The average Bonchev–Trinajstić information content (AvgIpc) is 3.00. The molecule has 2 heterocycles. The van der Waals surface area contributed by atoms with Gasteiger partial charge in [-0.3, -0.25) is 4.90 Å². The Balaban J connectivity index is 1.73. The van der Waals surface area contributed by atoms with Crippen LogP contribution in [0.25, 0.3) is 0 Å². The summed E-state index contributed by atoms with van der Waals surface area (Å²) in [5, 5.41) is 22.4. The van der Waals surface area contributed by atoms with Crippen molar-refractivity contribution in [2.24, 2.45) is 13.0 Å². The van der Waals surface area contributed by atoms with Crippen LogP contribution in [-0.2, 0) is 13.6 Å². The summed E-state index contributed by atoms with van der Waals surface area (Å²) in [6, 6.07) is 0.474. The van der Waals surface area contributed by atoms with E-state index in [1.807, 2.05) is 14.0 Å². The monoisotopic (exact) mass is 279 g/mol. The van der Waals surface area contributed by atoms with Gasteiger partial charge in [0.2, 0.25) is 0 Å². The SMILES string of the molecule is Cn1nnnc1CN1CCC[C@@H]1[C@@H]1CCCC[C@]1(C)O. The van der Waals surface area contributed by atoms with Crippen molar-refractivity contribution in [1.82, 2.24) is 25.1 Å². The summed E-state index contributed by atoms with van der Waals surface area (Å²) in [4.78, 5) is 2.47. The summed E-state index contributed by atoms with van der Waals surface area (Å²) in [5.74, 6) is 1.30. The van der Waals surface area contributed by atoms with Crippen molar-refractivity contribution >= 4 is 0 Å². The molecule has 3 atom stereocenters. The van der Waals surface area contributed by atoms with Gasteiger partial charge in [-0.2, -0.15) is 0 Å². The fourth-order valence-electron chi connectivity index (χ4n) is 4.02. The minimum atomic E-state index is -0.510. The maximum absolute atomic E-state index is 10.7. The standard InChI is InChI=1S/C14H25N5O/c1-14(20)8-4-3-6-11(14)12-7-5-9-19(12)10-13-15-16-17-18(13)2/h11-12,20H,3-10H2,1-2H3/t11-,12+,14-/m0/s1. The van der Waals surface area contributed by atoms with Crippen molar-refractivity contribution in [1.29, 1.82) is 0 Å². The molecular weight excluding hydrogens is 254 g/mol. The molecule has 0 bridgehead atoms. The van der Waals surface area contributed by atoms with Crippen LogP contribution in [-0.4, -0.2) is 48.4 Å². The molecule has 0 amide bonds. The van der Waals surface area contributed by atoms with Crippen molar-refractivity contribution in [3.05, 3.63) is 5.82 Å². The quantitative estimate of drug-likeness (QED) is 0.898. The molecule has 2 fully saturated rings. The van der Waals surface area contributed by atoms with Crippen LogP contribution in [0.1, 0.15) is 51.3 Å². The first-order chi connectivity index (χ1) is 9.58. The van der Waals surface area contributed by atoms with E-state index in [4.69, 9.17) is 0 Å². The highest BCUT2D eigenvalue weighted by Crippen LogP contribution is 2.40. The van der Waals surface area contributed by atoms with E-state index in [-0.39, 0.29) is 0 Å². The Kier molecular flexibility index (Phi) is 3.77. The predicted octanol–water partition coefficient (Wildman–Crippen LogP) is 1.12. The van der Waals surface area contributed by atoms with Crippen LogP contribution in [0.5, 0.6) is 0 Å². The molecule has 1 saturated heterocycles. The fraction of sp³-hybridized carbons (Fsp3) is 0.929. The Hall–Kier alpha value is -1.01. The summed E-state index contributed by atoms with van der Waals surface area (Å²) in [6.45, 7) is 3.90. The highest BCUT2D eigenvalue weighted by atomic mass is 16.3. The van der Waals surface area contributed by atoms with Crippen LogP contribution in [0.3, 0.4) is 0 Å². The van der Waals surface area contributed by atoms with Gasteiger partial charge in [-0.05, 0) is 49.6 Å². The van der Waals surface area contributed by atoms with Gasteiger partial charge in [0, 0.05) is 19.0 Å². The molecule has 2 aliphatic rings. The van der Waals surface area contributed by atoms with E-state index < -0.39 is 5.60 Å². The maximum atomic E-state index is 10.7. The van der Waals surface area contributed by atoms with Gasteiger partial charge in [-0.25, -0.2) is 4.68 Å². The first-order valence-corrected chi connectivity index (χ1v) is 7.75. The van der Waals surface area contributed by atoms with E-state index in [0.717, 1.165) is 38.2 Å². The molecule has 1 N–H and O–H groups in total. The number of aryl methyl sites for hydroxylation is 1. The van der Waals surface area contributed by atoms with E-state index in [1.165, 1.54) is 19.3 Å². The molecule has 0 unspecified atom stereocenters. The van der Waals surface area contributed by atoms with E-state index in [0.29, 0.717) is 12.0 Å². The molecule has 1 aromatic heterocycles. The van der Waals surface area contributed by atoms with E-state index in [2.05, 4.69) is 20.4 Å². The van der Waals surface area contributed by atoms with Crippen molar-refractivity contribution < 1.29 is 5.11 Å². The summed E-state index contributed by atoms with van der Waals surface area (Å²) in [6.07, 6.45) is 6.88. The zero-order valence-corrected chi connectivity index (χ0v) is 12.5. The van der Waals surface area contributed by atoms with Crippen molar-refractivity contribution in [2.45, 2.75) is 63.6 Å². The van der Waals surface area contributed by atoms with Gasteiger partial charge in [0.25, 0.3) is 0 Å². The third-order valence-electron chi connectivity index (χ3n) is 5.18. The minimum Gasteiger partial charge on any atom is -0.390 e. The molecule has 0 aromatic carbocycles. The van der Waals surface area contributed by atoms with Gasteiger partial charge >= 0.3 is 0 Å². The maximum Gasteiger partial charge on any atom is 0.164 e. The van der Waals surface area contributed by atoms with Gasteiger partial charge in [0.1, 0.15) is 0 Å². The zero-order valence-electron chi connectivity index (χ0n) is 12.5. The topological polar surface area (TPSA) is 67.1 Å². The molecule has 0 radical (unpaired) electrons. The third-order valence-corrected chi connectivity index (χ3v) is 5.18. The third kappa shape index (κ3) is 2.59. The summed E-state index contributed by atoms with van der Waals surface area (Å²) in [5.41, 5.74) is -0.510. The number of tetrazole rings is 1. The number of aromatic nitrogens is 4. The van der Waals surface area contributed by atoms with Gasteiger partial charge < -0.3 is 5.11 Å². The second kappa shape index (κ2) is 5.41. The summed E-state index contributed by atoms with van der Waals surface area (Å²) < 4.78 is 1.74. The highest BCUT2D eigenvalue weighted by Gasteiger charge is 2.43. The van der Waals surface area contributed by atoms with Gasteiger partial charge in [-0.15, -0.1) is 5.10 Å². The molecule has 6 heteroatoms. The molecular formula is C14H25N5O. The first-order valence-electron chi connectivity index (χ1n) is 7.75. The second-order valence-corrected chi connectivity index (χ2v) is 6.61. The van der Waals surface area contributed by atoms with Crippen LogP contribution in [0.2, 0.25) is 0 Å². The van der Waals surface area contributed by atoms with Gasteiger partial charge in [0.05, 0.1) is 12.1 Å². The highest BCUT2D eigenvalue weighted by molar-refractivity contribution is 4.97. The van der Waals surface area contributed by atoms with Gasteiger partial charge in [-0.1, -0.05) is 12.8 Å². The molecule has 20 heavy (non-hydrogen) atoms. The van der Waals surface area contributed by atoms with Crippen LogP contribution in [0.4, 0.5) is 0 Å². The molecule has 1 saturated carbocycles. The molecule has 112 valence electrons. The lowest BCUT2D eigenvalue weighted by Gasteiger charge is -2.43. The fourth-order valence-corrected chi connectivity index (χ4v) is 4.02. The lowest BCUT2D eigenvalue weighted by Crippen LogP contribution is -2.48. The molecule has 6 nitrogen and oxygen atoms in total.